The summed E-state index contributed by atoms with van der Waals surface area (Å²) in [5, 5.41) is 64.0. The molecule has 0 unspecified atom stereocenters. The van der Waals surface area contributed by atoms with Gasteiger partial charge >= 0.3 is 29.8 Å². The highest BCUT2D eigenvalue weighted by molar-refractivity contribution is 6.01. The highest BCUT2D eigenvalue weighted by atomic mass is 16.4. The Labute approximate surface area is 378 Å². The third-order valence-corrected chi connectivity index (χ3v) is 9.46. The van der Waals surface area contributed by atoms with Crippen LogP contribution in [0.15, 0.2) is 0 Å². The molecule has 30 heteroatoms. The summed E-state index contributed by atoms with van der Waals surface area (Å²) in [5.74, 6) is -22.4. The van der Waals surface area contributed by atoms with E-state index in [0.29, 0.717) is 0 Å². The van der Waals surface area contributed by atoms with Crippen molar-refractivity contribution >= 4 is 88.9 Å². The van der Waals surface area contributed by atoms with Crippen molar-refractivity contribution in [1.29, 1.82) is 0 Å². The molecule has 10 amide bonds. The van der Waals surface area contributed by atoms with E-state index in [9.17, 15) is 97.5 Å². The largest absolute Gasteiger partial charge is 0.481 e. The van der Waals surface area contributed by atoms with Crippen molar-refractivity contribution in [3.05, 3.63) is 0 Å². The number of carbonyl (C=O) groups is 15. The number of nitrogens with two attached hydrogens (primary N) is 2. The number of hydrogen-bond acceptors (Lipinski definition) is 15. The van der Waals surface area contributed by atoms with Crippen LogP contribution in [0.5, 0.6) is 0 Å². The molecule has 1 aliphatic heterocycles. The summed E-state index contributed by atoms with van der Waals surface area (Å²) in [5.41, 5.74) is 10.5. The molecule has 0 saturated carbocycles. The first kappa shape index (κ1) is 57.1. The third-order valence-electron chi connectivity index (χ3n) is 9.46. The van der Waals surface area contributed by atoms with Crippen LogP contribution >= 0.6 is 0 Å². The van der Waals surface area contributed by atoms with Crippen molar-refractivity contribution in [2.75, 3.05) is 0 Å². The van der Waals surface area contributed by atoms with Crippen LogP contribution in [0.25, 0.3) is 0 Å². The molecule has 0 aromatic heterocycles. The summed E-state index contributed by atoms with van der Waals surface area (Å²) < 4.78 is 0. The van der Waals surface area contributed by atoms with Crippen LogP contribution in [0.2, 0.25) is 0 Å². The minimum Gasteiger partial charge on any atom is -0.481 e. The highest BCUT2D eigenvalue weighted by Gasteiger charge is 2.38. The van der Waals surface area contributed by atoms with Crippen LogP contribution in [0.3, 0.4) is 0 Å². The van der Waals surface area contributed by atoms with Crippen molar-refractivity contribution in [3.63, 3.8) is 0 Å². The second-order valence-corrected chi connectivity index (χ2v) is 15.3. The number of amides is 10. The standard InChI is InChI=1S/C37H54N10O20/c1-14(2)29-37(67)46-21(13-28(58)59)35(65)42-15(3-7-22(38)48)30(60)40-16(4-8-24(50)51)31(61)41-17(5-9-25(52)53)32(62)45-20(12-27(56)57)36(66)44-19(11-23(39)49)34(64)43-18(33(63)47-29)6-10-26(54)55/h14-21,29H,3-13H2,1-2H3,(H2,38,48)(H2,39,49)(H,40,60)(H,41,61)(H,42,65)(H,43,64)(H,44,66)(H,45,62)(H,46,67)(H,47,63)(H,50,51)(H,52,53)(H,54,55)(H,56,57)(H,58,59)/t15-,16-,17-,18-,19-,20-,21-,29-/m0/s1. The molecule has 372 valence electrons. The molecule has 67 heavy (non-hydrogen) atoms. The fourth-order valence-electron chi connectivity index (χ4n) is 6.03. The van der Waals surface area contributed by atoms with E-state index in [1.807, 2.05) is 10.6 Å². The van der Waals surface area contributed by atoms with Crippen LogP contribution in [-0.2, 0) is 71.9 Å². The lowest BCUT2D eigenvalue weighted by atomic mass is 10.0. The van der Waals surface area contributed by atoms with Crippen molar-refractivity contribution < 1.29 is 97.5 Å². The summed E-state index contributed by atoms with van der Waals surface area (Å²) in [7, 11) is 0. The van der Waals surface area contributed by atoms with Gasteiger partial charge in [0, 0.05) is 25.7 Å². The van der Waals surface area contributed by atoms with Gasteiger partial charge in [-0.15, -0.1) is 0 Å². The first-order chi connectivity index (χ1) is 31.1. The Balaban J connectivity index is 4.12. The summed E-state index contributed by atoms with van der Waals surface area (Å²) in [6, 6.07) is -15.9. The Morgan fingerprint density at radius 3 is 0.896 bits per heavy atom. The molecular weight excluding hydrogens is 904 g/mol. The average molecular weight is 959 g/mol. The van der Waals surface area contributed by atoms with Gasteiger partial charge in [-0.1, -0.05) is 13.8 Å². The van der Waals surface area contributed by atoms with Gasteiger partial charge < -0.3 is 79.5 Å². The molecule has 0 aromatic carbocycles. The van der Waals surface area contributed by atoms with E-state index in [1.54, 1.807) is 0 Å². The molecule has 0 spiro atoms. The smallest absolute Gasteiger partial charge is 0.305 e. The summed E-state index contributed by atoms with van der Waals surface area (Å²) in [6.07, 6.45) is -9.80. The number of hydrogen-bond donors (Lipinski definition) is 15. The van der Waals surface area contributed by atoms with E-state index in [4.69, 9.17) is 11.5 Å². The lowest BCUT2D eigenvalue weighted by Gasteiger charge is -2.29. The van der Waals surface area contributed by atoms with Crippen LogP contribution in [0.1, 0.15) is 84.5 Å². The Bertz CT molecular complexity index is 1960. The molecule has 0 bridgehead atoms. The second kappa shape index (κ2) is 27.4. The molecule has 8 atom stereocenters. The second-order valence-electron chi connectivity index (χ2n) is 15.3. The van der Waals surface area contributed by atoms with E-state index in [-0.39, 0.29) is 0 Å². The number of carboxylic acid groups (broad SMARTS) is 5. The monoisotopic (exact) mass is 958 g/mol. The van der Waals surface area contributed by atoms with Crippen LogP contribution < -0.4 is 54.0 Å². The Hall–Kier alpha value is -7.95. The van der Waals surface area contributed by atoms with Crippen molar-refractivity contribution in [2.24, 2.45) is 17.4 Å². The van der Waals surface area contributed by atoms with Crippen molar-refractivity contribution in [3.8, 4) is 0 Å². The molecule has 1 heterocycles. The molecule has 0 aromatic rings. The fourth-order valence-corrected chi connectivity index (χ4v) is 6.03. The van der Waals surface area contributed by atoms with E-state index >= 15 is 0 Å². The lowest BCUT2D eigenvalue weighted by molar-refractivity contribution is -0.142. The number of nitrogens with one attached hydrogen (secondary N) is 8. The molecule has 1 saturated heterocycles. The zero-order chi connectivity index (χ0) is 51.3. The van der Waals surface area contributed by atoms with Gasteiger partial charge in [-0.3, -0.25) is 71.9 Å². The Kier molecular flexibility index (Phi) is 23.3. The number of primary amides is 2. The van der Waals surface area contributed by atoms with Crippen LogP contribution in [0.4, 0.5) is 0 Å². The predicted octanol–water partition coefficient (Wildman–Crippen LogP) is -6.78. The van der Waals surface area contributed by atoms with Gasteiger partial charge in [0.15, 0.2) is 0 Å². The minimum atomic E-state index is -2.21. The van der Waals surface area contributed by atoms with Gasteiger partial charge in [0.1, 0.15) is 48.3 Å². The molecule has 1 fully saturated rings. The van der Waals surface area contributed by atoms with Crippen molar-refractivity contribution in [2.45, 2.75) is 133 Å². The maximum atomic E-state index is 13.7. The third kappa shape index (κ3) is 21.5. The number of rotatable bonds is 19. The zero-order valence-electron chi connectivity index (χ0n) is 36.0. The maximum Gasteiger partial charge on any atom is 0.305 e. The SMILES string of the molecule is CC(C)[C@@H]1NC(=O)[C@H](CCC(=O)O)NC(=O)[C@H](CC(N)=O)NC(=O)[C@H](CC(=O)O)NC(=O)[C@H](CCC(=O)O)NC(=O)[C@H](CCC(=O)O)NC(=O)[C@H](CCC(N)=O)NC(=O)[C@H](CC(=O)O)NC1=O. The average Bonchev–Trinajstić information content (AvgIpc) is 3.20. The Morgan fingerprint density at radius 1 is 0.373 bits per heavy atom. The maximum absolute atomic E-state index is 13.7. The molecule has 17 N–H and O–H groups in total. The van der Waals surface area contributed by atoms with Gasteiger partial charge in [-0.05, 0) is 31.6 Å². The molecule has 30 nitrogen and oxygen atoms in total. The van der Waals surface area contributed by atoms with Gasteiger partial charge in [0.25, 0.3) is 0 Å². The normalized spacial score (nSPS) is 24.1. The molecule has 1 aliphatic rings. The Morgan fingerprint density at radius 2 is 0.627 bits per heavy atom. The lowest BCUT2D eigenvalue weighted by Crippen LogP contribution is -2.62. The van der Waals surface area contributed by atoms with Gasteiger partial charge in [0.2, 0.25) is 59.1 Å². The number of aliphatic carboxylic acids is 5. The van der Waals surface area contributed by atoms with E-state index in [2.05, 4.69) is 31.9 Å². The topological polar surface area (TPSA) is 505 Å². The quantitative estimate of drug-likeness (QED) is 0.0572. The minimum absolute atomic E-state index is 0.660. The van der Waals surface area contributed by atoms with Crippen molar-refractivity contribution in [1.82, 2.24) is 42.5 Å². The molecule has 1 rings (SSSR count). The van der Waals surface area contributed by atoms with Crippen LogP contribution in [-0.4, -0.2) is 163 Å². The number of carbonyl (C=O) groups excluding carboxylic acids is 10. The summed E-state index contributed by atoms with van der Waals surface area (Å²) in [4.78, 5) is 191. The summed E-state index contributed by atoms with van der Waals surface area (Å²) in [6.45, 7) is 2.72. The van der Waals surface area contributed by atoms with E-state index in [0.717, 1.165) is 0 Å². The predicted molar refractivity (Wildman–Crippen MR) is 218 cm³/mol. The molecule has 0 radical (unpaired) electrons. The fraction of sp³-hybridized carbons (Fsp3) is 0.595. The highest BCUT2D eigenvalue weighted by Crippen LogP contribution is 2.11. The van der Waals surface area contributed by atoms with E-state index < -0.39 is 214 Å². The van der Waals surface area contributed by atoms with Gasteiger partial charge in [-0.2, -0.15) is 0 Å². The zero-order valence-corrected chi connectivity index (χ0v) is 36.0. The van der Waals surface area contributed by atoms with Gasteiger partial charge in [-0.25, -0.2) is 0 Å². The molecular formula is C37H54N10O20. The molecule has 0 aliphatic carbocycles. The summed E-state index contributed by atoms with van der Waals surface area (Å²) >= 11 is 0. The first-order valence-electron chi connectivity index (χ1n) is 20.2. The van der Waals surface area contributed by atoms with Gasteiger partial charge in [0.05, 0.1) is 19.3 Å². The first-order valence-corrected chi connectivity index (χ1v) is 20.2. The van der Waals surface area contributed by atoms with E-state index in [1.165, 1.54) is 13.8 Å². The van der Waals surface area contributed by atoms with Crippen LogP contribution in [0, 0.1) is 5.92 Å². The number of carboxylic acids is 5.